The number of aromatic nitrogens is 2. The molecule has 3 heteroatoms. The minimum atomic E-state index is 0.181. The average molecular weight is 123 g/mol. The van der Waals surface area contributed by atoms with Crippen molar-refractivity contribution in [2.24, 2.45) is 5.73 Å². The highest BCUT2D eigenvalue weighted by Gasteiger charge is 2.18. The summed E-state index contributed by atoms with van der Waals surface area (Å²) >= 11 is 0. The van der Waals surface area contributed by atoms with Crippen molar-refractivity contribution in [1.82, 2.24) is 9.55 Å². The molecule has 1 aliphatic rings. The summed E-state index contributed by atoms with van der Waals surface area (Å²) in [5.41, 5.74) is 5.71. The molecule has 0 spiro atoms. The summed E-state index contributed by atoms with van der Waals surface area (Å²) in [5.74, 6) is 1.04. The highest BCUT2D eigenvalue weighted by atomic mass is 15.1. The van der Waals surface area contributed by atoms with Crippen molar-refractivity contribution in [3.63, 3.8) is 0 Å². The number of hydrogen-bond donors (Lipinski definition) is 1. The summed E-state index contributed by atoms with van der Waals surface area (Å²) in [6.45, 7) is 1.04. The molecule has 1 aliphatic heterocycles. The Morgan fingerprint density at radius 2 is 2.67 bits per heavy atom. The third kappa shape index (κ3) is 0.580. The average Bonchev–Trinajstić information content (AvgIpc) is 2.35. The number of fused-ring (bicyclic) bond motifs is 1. The minimum Gasteiger partial charge on any atom is -0.334 e. The minimum absolute atomic E-state index is 0.181. The topological polar surface area (TPSA) is 43.8 Å². The van der Waals surface area contributed by atoms with Crippen LogP contribution in [0.15, 0.2) is 12.4 Å². The van der Waals surface area contributed by atoms with Gasteiger partial charge in [-0.15, -0.1) is 0 Å². The molecule has 0 aliphatic carbocycles. The summed E-state index contributed by atoms with van der Waals surface area (Å²) in [7, 11) is 0. The van der Waals surface area contributed by atoms with Crippen molar-refractivity contribution in [2.45, 2.75) is 19.0 Å². The molecular weight excluding hydrogens is 114 g/mol. The smallest absolute Gasteiger partial charge is 0.125 e. The highest BCUT2D eigenvalue weighted by molar-refractivity contribution is 5.02. The molecule has 1 aromatic heterocycles. The zero-order chi connectivity index (χ0) is 6.27. The molecule has 0 amide bonds. The monoisotopic (exact) mass is 123 g/mol. The van der Waals surface area contributed by atoms with Gasteiger partial charge in [-0.3, -0.25) is 0 Å². The molecule has 2 rings (SSSR count). The maximum absolute atomic E-state index is 5.71. The molecule has 0 radical (unpaired) electrons. The fourth-order valence-electron chi connectivity index (χ4n) is 1.25. The summed E-state index contributed by atoms with van der Waals surface area (Å²) in [5, 5.41) is 0. The second-order valence-corrected chi connectivity index (χ2v) is 2.37. The van der Waals surface area contributed by atoms with E-state index in [0.29, 0.717) is 0 Å². The van der Waals surface area contributed by atoms with Crippen LogP contribution in [0.3, 0.4) is 0 Å². The van der Waals surface area contributed by atoms with Gasteiger partial charge in [0.1, 0.15) is 5.82 Å². The van der Waals surface area contributed by atoms with Crippen molar-refractivity contribution in [2.75, 3.05) is 0 Å². The van der Waals surface area contributed by atoms with E-state index in [1.807, 2.05) is 6.20 Å². The fraction of sp³-hybridized carbons (Fsp3) is 0.500. The van der Waals surface area contributed by atoms with E-state index in [1.54, 1.807) is 6.20 Å². The Morgan fingerprint density at radius 3 is 3.44 bits per heavy atom. The van der Waals surface area contributed by atoms with Gasteiger partial charge in [-0.2, -0.15) is 0 Å². The second kappa shape index (κ2) is 1.57. The van der Waals surface area contributed by atoms with E-state index < -0.39 is 0 Å². The first-order valence-electron chi connectivity index (χ1n) is 3.14. The van der Waals surface area contributed by atoms with Crippen LogP contribution in [0.5, 0.6) is 0 Å². The lowest BCUT2D eigenvalue weighted by Gasteiger charge is -1.95. The third-order valence-electron chi connectivity index (χ3n) is 1.76. The van der Waals surface area contributed by atoms with Gasteiger partial charge in [0, 0.05) is 18.9 Å². The molecule has 0 aromatic carbocycles. The predicted molar refractivity (Wildman–Crippen MR) is 33.8 cm³/mol. The van der Waals surface area contributed by atoms with E-state index in [0.717, 1.165) is 18.8 Å². The van der Waals surface area contributed by atoms with Crippen LogP contribution >= 0.6 is 0 Å². The maximum atomic E-state index is 5.71. The van der Waals surface area contributed by atoms with Gasteiger partial charge in [0.25, 0.3) is 0 Å². The zero-order valence-electron chi connectivity index (χ0n) is 5.12. The van der Waals surface area contributed by atoms with E-state index in [2.05, 4.69) is 9.55 Å². The van der Waals surface area contributed by atoms with Crippen molar-refractivity contribution in [1.29, 1.82) is 0 Å². The van der Waals surface area contributed by atoms with Gasteiger partial charge in [0.2, 0.25) is 0 Å². The quantitative estimate of drug-likeness (QED) is 0.538. The normalized spacial score (nSPS) is 24.3. The Kier molecular flexibility index (Phi) is 0.873. The van der Waals surface area contributed by atoms with Crippen LogP contribution in [0.4, 0.5) is 0 Å². The standard InChI is InChI=1S/C6H9N3/c7-5-1-3-9-4-2-8-6(5)9/h2,4-5H,1,3,7H2/t5-/m1/s1. The molecule has 3 nitrogen and oxygen atoms in total. The lowest BCUT2D eigenvalue weighted by molar-refractivity contribution is 0.678. The van der Waals surface area contributed by atoms with Crippen LogP contribution in [0.1, 0.15) is 18.3 Å². The molecule has 48 valence electrons. The number of nitrogens with zero attached hydrogens (tertiary/aromatic N) is 2. The number of hydrogen-bond acceptors (Lipinski definition) is 2. The number of aryl methyl sites for hydroxylation is 1. The van der Waals surface area contributed by atoms with Crippen LogP contribution in [0.25, 0.3) is 0 Å². The Balaban J connectivity index is 2.49. The number of imidazole rings is 1. The van der Waals surface area contributed by atoms with Gasteiger partial charge in [-0.25, -0.2) is 4.98 Å². The molecule has 1 aromatic rings. The Morgan fingerprint density at radius 1 is 1.78 bits per heavy atom. The van der Waals surface area contributed by atoms with Crippen LogP contribution in [-0.4, -0.2) is 9.55 Å². The highest BCUT2D eigenvalue weighted by Crippen LogP contribution is 2.19. The first-order chi connectivity index (χ1) is 4.38. The Bertz CT molecular complexity index is 216. The molecule has 0 saturated carbocycles. The number of nitrogens with two attached hydrogens (primary N) is 1. The van der Waals surface area contributed by atoms with Crippen LogP contribution in [-0.2, 0) is 6.54 Å². The second-order valence-electron chi connectivity index (χ2n) is 2.37. The van der Waals surface area contributed by atoms with Crippen molar-refractivity contribution in [3.8, 4) is 0 Å². The summed E-state index contributed by atoms with van der Waals surface area (Å²) in [4.78, 5) is 4.12. The lowest BCUT2D eigenvalue weighted by atomic mass is 10.3. The third-order valence-corrected chi connectivity index (χ3v) is 1.76. The molecule has 0 fully saturated rings. The summed E-state index contributed by atoms with van der Waals surface area (Å²) < 4.78 is 2.10. The van der Waals surface area contributed by atoms with Crippen LogP contribution in [0.2, 0.25) is 0 Å². The molecule has 1 atom stereocenters. The van der Waals surface area contributed by atoms with Gasteiger partial charge in [0.15, 0.2) is 0 Å². The Labute approximate surface area is 53.5 Å². The molecular formula is C6H9N3. The maximum Gasteiger partial charge on any atom is 0.125 e. The molecule has 2 heterocycles. The zero-order valence-corrected chi connectivity index (χ0v) is 5.12. The van der Waals surface area contributed by atoms with Crippen molar-refractivity contribution >= 4 is 0 Å². The van der Waals surface area contributed by atoms with Crippen LogP contribution in [0, 0.1) is 0 Å². The van der Waals surface area contributed by atoms with Gasteiger partial charge >= 0.3 is 0 Å². The first kappa shape index (κ1) is 4.99. The van der Waals surface area contributed by atoms with Gasteiger partial charge in [-0.1, -0.05) is 0 Å². The van der Waals surface area contributed by atoms with E-state index >= 15 is 0 Å². The van der Waals surface area contributed by atoms with E-state index in [4.69, 9.17) is 5.73 Å². The van der Waals surface area contributed by atoms with Crippen molar-refractivity contribution in [3.05, 3.63) is 18.2 Å². The molecule has 0 saturated heterocycles. The van der Waals surface area contributed by atoms with Crippen molar-refractivity contribution < 1.29 is 0 Å². The van der Waals surface area contributed by atoms with Gasteiger partial charge < -0.3 is 10.3 Å². The van der Waals surface area contributed by atoms with Crippen LogP contribution < -0.4 is 5.73 Å². The summed E-state index contributed by atoms with van der Waals surface area (Å²) in [6, 6.07) is 0.181. The molecule has 0 bridgehead atoms. The van der Waals surface area contributed by atoms with E-state index in [-0.39, 0.29) is 6.04 Å². The van der Waals surface area contributed by atoms with Gasteiger partial charge in [-0.05, 0) is 6.42 Å². The first-order valence-corrected chi connectivity index (χ1v) is 3.14. The fourth-order valence-corrected chi connectivity index (χ4v) is 1.25. The Hall–Kier alpha value is -0.830. The SMILES string of the molecule is N[C@@H]1CCn2ccnc21. The lowest BCUT2D eigenvalue weighted by Crippen LogP contribution is -2.06. The van der Waals surface area contributed by atoms with Gasteiger partial charge in [0.05, 0.1) is 6.04 Å². The molecule has 9 heavy (non-hydrogen) atoms. The number of rotatable bonds is 0. The largest absolute Gasteiger partial charge is 0.334 e. The van der Waals surface area contributed by atoms with E-state index in [1.165, 1.54) is 0 Å². The summed E-state index contributed by atoms with van der Waals surface area (Å²) in [6.07, 6.45) is 4.82. The predicted octanol–water partition coefficient (Wildman–Crippen LogP) is 0.287. The molecule has 0 unspecified atom stereocenters. The van der Waals surface area contributed by atoms with E-state index in [9.17, 15) is 0 Å². The molecule has 2 N–H and O–H groups in total.